The van der Waals surface area contributed by atoms with E-state index in [1.807, 2.05) is 0 Å². The number of hydrogen-bond acceptors (Lipinski definition) is 2. The molecular weight excluding hydrogens is 210 g/mol. The lowest BCUT2D eigenvalue weighted by molar-refractivity contribution is 0.510. The Hall–Kier alpha value is -1.29. The van der Waals surface area contributed by atoms with Crippen LogP contribution in [-0.4, -0.2) is 9.97 Å². The average molecular weight is 215 g/mol. The van der Waals surface area contributed by atoms with Crippen LogP contribution in [0.15, 0.2) is 12.1 Å². The maximum Gasteiger partial charge on any atom is 0.161 e. The molecule has 0 aliphatic heterocycles. The molecule has 0 spiro atoms. The third kappa shape index (κ3) is 1.42. The predicted octanol–water partition coefficient (Wildman–Crippen LogP) is 2.87. The highest BCUT2D eigenvalue weighted by Crippen LogP contribution is 2.22. The Balaban J connectivity index is 2.89. The van der Waals surface area contributed by atoms with Crippen LogP contribution in [-0.2, 0) is 0 Å². The van der Waals surface area contributed by atoms with Gasteiger partial charge in [0.2, 0.25) is 0 Å². The molecule has 0 N–H and O–H groups in total. The predicted molar refractivity (Wildman–Crippen MR) is 49.2 cm³/mol. The van der Waals surface area contributed by atoms with Gasteiger partial charge in [-0.25, -0.2) is 18.7 Å². The standard InChI is InChI=1S/C9H5ClF2N2/c1-4-13-8-3-7(12)6(11)2-5(8)9(10)14-4/h2-3H,1H3. The monoisotopic (exact) mass is 214 g/mol. The number of aromatic nitrogens is 2. The van der Waals surface area contributed by atoms with Crippen molar-refractivity contribution in [3.8, 4) is 0 Å². The lowest BCUT2D eigenvalue weighted by Crippen LogP contribution is -1.93. The fourth-order valence-electron chi connectivity index (χ4n) is 1.20. The van der Waals surface area contributed by atoms with Gasteiger partial charge in [-0.3, -0.25) is 0 Å². The highest BCUT2D eigenvalue weighted by molar-refractivity contribution is 6.34. The Bertz CT molecular complexity index is 514. The van der Waals surface area contributed by atoms with Gasteiger partial charge in [-0.15, -0.1) is 0 Å². The quantitative estimate of drug-likeness (QED) is 0.631. The molecule has 0 saturated heterocycles. The minimum absolute atomic E-state index is 0.131. The summed E-state index contributed by atoms with van der Waals surface area (Å²) in [7, 11) is 0. The van der Waals surface area contributed by atoms with E-state index >= 15 is 0 Å². The second kappa shape index (κ2) is 3.13. The van der Waals surface area contributed by atoms with Gasteiger partial charge in [-0.05, 0) is 13.0 Å². The van der Waals surface area contributed by atoms with Crippen molar-refractivity contribution in [2.45, 2.75) is 6.92 Å². The lowest BCUT2D eigenvalue weighted by Gasteiger charge is -2.01. The summed E-state index contributed by atoms with van der Waals surface area (Å²) in [6.45, 7) is 1.63. The summed E-state index contributed by atoms with van der Waals surface area (Å²) in [4.78, 5) is 7.77. The molecule has 5 heteroatoms. The first kappa shape index (κ1) is 9.27. The summed E-state index contributed by atoms with van der Waals surface area (Å²) in [6, 6.07) is 2.00. The summed E-state index contributed by atoms with van der Waals surface area (Å²) in [5, 5.41) is 0.447. The Morgan fingerprint density at radius 3 is 2.50 bits per heavy atom. The third-order valence-corrected chi connectivity index (χ3v) is 2.09. The second-order valence-corrected chi connectivity index (χ2v) is 3.20. The average Bonchev–Trinajstić information content (AvgIpc) is 2.08. The van der Waals surface area contributed by atoms with E-state index in [1.54, 1.807) is 6.92 Å². The van der Waals surface area contributed by atoms with E-state index in [1.165, 1.54) is 0 Å². The molecule has 2 rings (SSSR count). The van der Waals surface area contributed by atoms with Crippen molar-refractivity contribution in [1.29, 1.82) is 0 Å². The smallest absolute Gasteiger partial charge is 0.161 e. The summed E-state index contributed by atoms with van der Waals surface area (Å²) in [6.07, 6.45) is 0. The van der Waals surface area contributed by atoms with Crippen LogP contribution in [0.2, 0.25) is 5.15 Å². The normalized spacial score (nSPS) is 10.9. The molecule has 0 aliphatic carbocycles. The minimum Gasteiger partial charge on any atom is -0.233 e. The molecule has 1 aromatic carbocycles. The van der Waals surface area contributed by atoms with Gasteiger partial charge in [0.1, 0.15) is 11.0 Å². The summed E-state index contributed by atoms with van der Waals surface area (Å²) < 4.78 is 25.7. The molecule has 0 fully saturated rings. The number of nitrogens with zero attached hydrogens (tertiary/aromatic N) is 2. The SMILES string of the molecule is Cc1nc(Cl)c2cc(F)c(F)cc2n1. The largest absolute Gasteiger partial charge is 0.233 e. The molecule has 2 nitrogen and oxygen atoms in total. The van der Waals surface area contributed by atoms with Crippen molar-refractivity contribution in [2.24, 2.45) is 0 Å². The van der Waals surface area contributed by atoms with Crippen LogP contribution >= 0.6 is 11.6 Å². The number of hydrogen-bond donors (Lipinski definition) is 0. The Labute approximate surface area is 83.6 Å². The van der Waals surface area contributed by atoms with Crippen molar-refractivity contribution in [3.05, 3.63) is 34.7 Å². The van der Waals surface area contributed by atoms with Crippen LogP contribution in [0.4, 0.5) is 8.78 Å². The van der Waals surface area contributed by atoms with Gasteiger partial charge < -0.3 is 0 Å². The van der Waals surface area contributed by atoms with Gasteiger partial charge in [0.25, 0.3) is 0 Å². The first-order chi connectivity index (χ1) is 6.58. The minimum atomic E-state index is -0.952. The molecule has 72 valence electrons. The topological polar surface area (TPSA) is 25.8 Å². The highest BCUT2D eigenvalue weighted by Gasteiger charge is 2.09. The zero-order valence-corrected chi connectivity index (χ0v) is 7.94. The molecule has 0 aliphatic rings. The molecule has 1 heterocycles. The number of fused-ring (bicyclic) bond motifs is 1. The van der Waals surface area contributed by atoms with Crippen molar-refractivity contribution in [1.82, 2.24) is 9.97 Å². The highest BCUT2D eigenvalue weighted by atomic mass is 35.5. The molecule has 0 unspecified atom stereocenters. The van der Waals surface area contributed by atoms with Crippen LogP contribution < -0.4 is 0 Å². The van der Waals surface area contributed by atoms with Crippen molar-refractivity contribution in [2.75, 3.05) is 0 Å². The third-order valence-electron chi connectivity index (χ3n) is 1.80. The van der Waals surface area contributed by atoms with Gasteiger partial charge in [0.05, 0.1) is 5.52 Å². The van der Waals surface area contributed by atoms with E-state index in [2.05, 4.69) is 9.97 Å². The van der Waals surface area contributed by atoms with Gasteiger partial charge in [-0.1, -0.05) is 11.6 Å². The van der Waals surface area contributed by atoms with Crippen molar-refractivity contribution < 1.29 is 8.78 Å². The fraction of sp³-hybridized carbons (Fsp3) is 0.111. The number of aryl methyl sites for hydroxylation is 1. The molecule has 14 heavy (non-hydrogen) atoms. The van der Waals surface area contributed by atoms with Gasteiger partial charge >= 0.3 is 0 Å². The summed E-state index contributed by atoms with van der Waals surface area (Å²) in [5.41, 5.74) is 0.307. The lowest BCUT2D eigenvalue weighted by atomic mass is 10.2. The molecular formula is C9H5ClF2N2. The van der Waals surface area contributed by atoms with Crippen LogP contribution in [0, 0.1) is 18.6 Å². The van der Waals surface area contributed by atoms with E-state index in [0.717, 1.165) is 12.1 Å². The molecule has 0 bridgehead atoms. The van der Waals surface area contributed by atoms with Crippen molar-refractivity contribution >= 4 is 22.5 Å². The van der Waals surface area contributed by atoms with Crippen LogP contribution in [0.5, 0.6) is 0 Å². The van der Waals surface area contributed by atoms with Gasteiger partial charge in [-0.2, -0.15) is 0 Å². The van der Waals surface area contributed by atoms with Crippen molar-refractivity contribution in [3.63, 3.8) is 0 Å². The van der Waals surface area contributed by atoms with Gasteiger partial charge in [0.15, 0.2) is 11.6 Å². The zero-order valence-electron chi connectivity index (χ0n) is 7.18. The van der Waals surface area contributed by atoms with E-state index < -0.39 is 11.6 Å². The number of benzene rings is 1. The molecule has 1 aromatic heterocycles. The Kier molecular flexibility index (Phi) is 2.07. The zero-order chi connectivity index (χ0) is 10.3. The first-order valence-electron chi connectivity index (χ1n) is 3.87. The van der Waals surface area contributed by atoms with E-state index in [4.69, 9.17) is 11.6 Å². The molecule has 0 radical (unpaired) electrons. The molecule has 0 atom stereocenters. The molecule has 0 amide bonds. The summed E-state index contributed by atoms with van der Waals surface area (Å²) in [5.74, 6) is -1.47. The van der Waals surface area contributed by atoms with Crippen LogP contribution in [0.25, 0.3) is 10.9 Å². The van der Waals surface area contributed by atoms with Crippen LogP contribution in [0.3, 0.4) is 0 Å². The first-order valence-corrected chi connectivity index (χ1v) is 4.24. The van der Waals surface area contributed by atoms with Crippen LogP contribution in [0.1, 0.15) is 5.82 Å². The molecule has 0 saturated carbocycles. The van der Waals surface area contributed by atoms with E-state index in [0.29, 0.717) is 16.7 Å². The van der Waals surface area contributed by atoms with Gasteiger partial charge in [0, 0.05) is 11.5 Å². The number of halogens is 3. The maximum atomic E-state index is 12.8. The van der Waals surface area contributed by atoms with E-state index in [9.17, 15) is 8.78 Å². The Morgan fingerprint density at radius 2 is 1.79 bits per heavy atom. The number of rotatable bonds is 0. The van der Waals surface area contributed by atoms with E-state index in [-0.39, 0.29) is 5.15 Å². The maximum absolute atomic E-state index is 12.8. The fourth-order valence-corrected chi connectivity index (χ4v) is 1.47. The summed E-state index contributed by atoms with van der Waals surface area (Å²) >= 11 is 5.75. The molecule has 2 aromatic rings. The Morgan fingerprint density at radius 1 is 1.14 bits per heavy atom. The second-order valence-electron chi connectivity index (χ2n) is 2.85.